The van der Waals surface area contributed by atoms with E-state index in [1.165, 1.54) is 18.4 Å². The Labute approximate surface area is 122 Å². The summed E-state index contributed by atoms with van der Waals surface area (Å²) in [5, 5.41) is 3.78. The van der Waals surface area contributed by atoms with Crippen LogP contribution >= 0.6 is 0 Å². The normalized spacial score (nSPS) is 23.9. The summed E-state index contributed by atoms with van der Waals surface area (Å²) in [5.41, 5.74) is 1.28. The lowest BCUT2D eigenvalue weighted by Gasteiger charge is -2.40. The lowest BCUT2D eigenvalue weighted by molar-refractivity contribution is 0.210. The smallest absolute Gasteiger partial charge is 0.123 e. The van der Waals surface area contributed by atoms with E-state index < -0.39 is 0 Å². The maximum Gasteiger partial charge on any atom is 0.123 e. The third kappa shape index (κ3) is 4.03. The molecule has 112 valence electrons. The van der Waals surface area contributed by atoms with Crippen molar-refractivity contribution in [3.05, 3.63) is 35.6 Å². The fourth-order valence-electron chi connectivity index (χ4n) is 2.91. The molecule has 0 aromatic heterocycles. The van der Waals surface area contributed by atoms with Gasteiger partial charge in [0.2, 0.25) is 0 Å². The van der Waals surface area contributed by atoms with E-state index in [4.69, 9.17) is 0 Å². The highest BCUT2D eigenvalue weighted by molar-refractivity contribution is 5.23. The fraction of sp³-hybridized carbons (Fsp3) is 0.647. The fourth-order valence-corrected chi connectivity index (χ4v) is 2.91. The van der Waals surface area contributed by atoms with Crippen LogP contribution in [0, 0.1) is 11.7 Å². The number of likely N-dealkylation sites (N-methyl/N-ethyl adjacent to an activating group) is 1. The molecular formula is C17H27FN2. The van der Waals surface area contributed by atoms with E-state index in [1.54, 1.807) is 12.1 Å². The van der Waals surface area contributed by atoms with Gasteiger partial charge < -0.3 is 10.2 Å². The Bertz CT molecular complexity index is 408. The summed E-state index contributed by atoms with van der Waals surface area (Å²) in [6.45, 7) is 5.63. The molecule has 2 rings (SSSR count). The van der Waals surface area contributed by atoms with Gasteiger partial charge in [-0.3, -0.25) is 0 Å². The van der Waals surface area contributed by atoms with Crippen LogP contribution in [0.2, 0.25) is 0 Å². The molecule has 1 N–H and O–H groups in total. The molecule has 0 heterocycles. The summed E-state index contributed by atoms with van der Waals surface area (Å²) < 4.78 is 12.9. The minimum absolute atomic E-state index is 0.145. The van der Waals surface area contributed by atoms with Crippen LogP contribution in [-0.2, 0) is 0 Å². The van der Waals surface area contributed by atoms with Crippen LogP contribution in [0.15, 0.2) is 24.3 Å². The first-order valence-corrected chi connectivity index (χ1v) is 7.62. The molecule has 0 spiro atoms. The average Bonchev–Trinajstić information content (AvgIpc) is 2.32. The Morgan fingerprint density at radius 3 is 2.30 bits per heavy atom. The van der Waals surface area contributed by atoms with Crippen LogP contribution in [0.3, 0.4) is 0 Å². The van der Waals surface area contributed by atoms with Crippen LogP contribution in [0.25, 0.3) is 0 Å². The van der Waals surface area contributed by atoms with Gasteiger partial charge in [-0.2, -0.15) is 0 Å². The number of rotatable bonds is 6. The molecule has 1 aliphatic rings. The first-order chi connectivity index (χ1) is 9.45. The van der Waals surface area contributed by atoms with E-state index in [2.05, 4.69) is 38.2 Å². The number of hydrogen-bond donors (Lipinski definition) is 1. The Hall–Kier alpha value is -0.930. The van der Waals surface area contributed by atoms with Crippen molar-refractivity contribution in [1.29, 1.82) is 0 Å². The summed E-state index contributed by atoms with van der Waals surface area (Å²) in [6.07, 6.45) is 2.34. The van der Waals surface area contributed by atoms with Gasteiger partial charge in [-0.25, -0.2) is 4.39 Å². The second kappa shape index (κ2) is 6.68. The van der Waals surface area contributed by atoms with Crippen LogP contribution in [0.1, 0.15) is 38.2 Å². The predicted octanol–water partition coefficient (Wildman–Crippen LogP) is 3.25. The predicted molar refractivity (Wildman–Crippen MR) is 82.5 cm³/mol. The molecule has 20 heavy (non-hydrogen) atoms. The summed E-state index contributed by atoms with van der Waals surface area (Å²) in [6, 6.07) is 8.14. The van der Waals surface area contributed by atoms with Crippen LogP contribution in [0.5, 0.6) is 0 Å². The van der Waals surface area contributed by atoms with Crippen molar-refractivity contribution < 1.29 is 4.39 Å². The van der Waals surface area contributed by atoms with Crippen molar-refractivity contribution in [3.8, 4) is 0 Å². The molecule has 0 amide bonds. The summed E-state index contributed by atoms with van der Waals surface area (Å²) in [7, 11) is 4.25. The van der Waals surface area contributed by atoms with Crippen molar-refractivity contribution >= 4 is 0 Å². The highest BCUT2D eigenvalue weighted by Crippen LogP contribution is 2.37. The molecule has 0 bridgehead atoms. The molecule has 1 saturated carbocycles. The van der Waals surface area contributed by atoms with E-state index in [9.17, 15) is 4.39 Å². The molecule has 3 heteroatoms. The molecule has 1 fully saturated rings. The van der Waals surface area contributed by atoms with E-state index in [-0.39, 0.29) is 5.82 Å². The number of nitrogens with one attached hydrogen (secondary N) is 1. The average molecular weight is 278 g/mol. The number of nitrogens with zero attached hydrogens (tertiary/aromatic N) is 1. The highest BCUT2D eigenvalue weighted by Gasteiger charge is 2.32. The van der Waals surface area contributed by atoms with E-state index >= 15 is 0 Å². The molecule has 1 aromatic rings. The third-order valence-electron chi connectivity index (χ3n) is 4.30. The van der Waals surface area contributed by atoms with E-state index in [0.29, 0.717) is 23.9 Å². The molecule has 1 aliphatic carbocycles. The Kier molecular flexibility index (Phi) is 5.17. The van der Waals surface area contributed by atoms with Crippen molar-refractivity contribution in [1.82, 2.24) is 10.2 Å². The summed E-state index contributed by atoms with van der Waals surface area (Å²) in [4.78, 5) is 2.24. The van der Waals surface area contributed by atoms with Gasteiger partial charge in [0.25, 0.3) is 0 Å². The molecule has 1 unspecified atom stereocenters. The quantitative estimate of drug-likeness (QED) is 0.859. The largest absolute Gasteiger partial charge is 0.310 e. The molecule has 1 atom stereocenters. The number of halogens is 1. The van der Waals surface area contributed by atoms with Crippen molar-refractivity contribution in [2.75, 3.05) is 20.6 Å². The first kappa shape index (κ1) is 15.5. The van der Waals surface area contributed by atoms with Crippen LogP contribution in [-0.4, -0.2) is 37.6 Å². The topological polar surface area (TPSA) is 15.3 Å². The van der Waals surface area contributed by atoms with Crippen LogP contribution in [0.4, 0.5) is 4.39 Å². The zero-order chi connectivity index (χ0) is 14.7. The molecule has 2 nitrogen and oxygen atoms in total. The number of hydrogen-bond acceptors (Lipinski definition) is 2. The minimum Gasteiger partial charge on any atom is -0.310 e. The van der Waals surface area contributed by atoms with Gasteiger partial charge >= 0.3 is 0 Å². The minimum atomic E-state index is -0.145. The van der Waals surface area contributed by atoms with E-state index in [0.717, 1.165) is 6.54 Å². The van der Waals surface area contributed by atoms with Crippen LogP contribution < -0.4 is 5.32 Å². The molecular weight excluding hydrogens is 251 g/mol. The van der Waals surface area contributed by atoms with Gasteiger partial charge in [0.05, 0.1) is 0 Å². The van der Waals surface area contributed by atoms with Crippen molar-refractivity contribution in [2.45, 2.75) is 44.7 Å². The van der Waals surface area contributed by atoms with E-state index in [1.807, 2.05) is 12.1 Å². The monoisotopic (exact) mass is 278 g/mol. The van der Waals surface area contributed by atoms with Crippen molar-refractivity contribution in [2.24, 2.45) is 5.92 Å². The number of benzene rings is 1. The lowest BCUT2D eigenvalue weighted by Crippen LogP contribution is -2.51. The van der Waals surface area contributed by atoms with Gasteiger partial charge in [0, 0.05) is 18.6 Å². The molecule has 0 aliphatic heterocycles. The molecule has 0 radical (unpaired) electrons. The van der Waals surface area contributed by atoms with Gasteiger partial charge in [-0.15, -0.1) is 0 Å². The molecule has 1 aromatic carbocycles. The van der Waals surface area contributed by atoms with Gasteiger partial charge in [-0.1, -0.05) is 26.0 Å². The SMILES string of the molecule is CC(C)C(CN(C)C)NC1CC(c2ccc(F)cc2)C1. The zero-order valence-electron chi connectivity index (χ0n) is 13.1. The first-order valence-electron chi connectivity index (χ1n) is 7.62. The maximum atomic E-state index is 12.9. The maximum absolute atomic E-state index is 12.9. The second-order valence-electron chi connectivity index (χ2n) is 6.70. The van der Waals surface area contributed by atoms with Gasteiger partial charge in [0.1, 0.15) is 5.82 Å². The Morgan fingerprint density at radius 1 is 1.20 bits per heavy atom. The summed E-state index contributed by atoms with van der Waals surface area (Å²) >= 11 is 0. The van der Waals surface area contributed by atoms with Gasteiger partial charge in [-0.05, 0) is 56.5 Å². The third-order valence-corrected chi connectivity index (χ3v) is 4.30. The van der Waals surface area contributed by atoms with Crippen molar-refractivity contribution in [3.63, 3.8) is 0 Å². The highest BCUT2D eigenvalue weighted by atomic mass is 19.1. The summed E-state index contributed by atoms with van der Waals surface area (Å²) in [5.74, 6) is 1.09. The lowest BCUT2D eigenvalue weighted by atomic mass is 9.75. The molecule has 0 saturated heterocycles. The zero-order valence-corrected chi connectivity index (χ0v) is 13.1. The Balaban J connectivity index is 1.82. The standard InChI is InChI=1S/C17H27FN2/c1-12(2)17(11-20(3)4)19-16-9-14(10-16)13-5-7-15(18)8-6-13/h5-8,12,14,16-17,19H,9-11H2,1-4H3. The van der Waals surface area contributed by atoms with Gasteiger partial charge in [0.15, 0.2) is 0 Å². The Morgan fingerprint density at radius 2 is 1.80 bits per heavy atom. The second-order valence-corrected chi connectivity index (χ2v) is 6.70.